The first-order valence-electron chi connectivity index (χ1n) is 8.62. The molecule has 8 nitrogen and oxygen atoms in total. The Kier molecular flexibility index (Phi) is 6.95. The highest BCUT2D eigenvalue weighted by Gasteiger charge is 2.32. The number of esters is 2. The van der Waals surface area contributed by atoms with E-state index < -0.39 is 11.9 Å². The molecule has 8 heteroatoms. The van der Waals surface area contributed by atoms with E-state index in [0.29, 0.717) is 24.3 Å². The van der Waals surface area contributed by atoms with Crippen LogP contribution in [0.25, 0.3) is 0 Å². The molecule has 1 aliphatic rings. The first-order valence-corrected chi connectivity index (χ1v) is 8.62. The second-order valence-electron chi connectivity index (χ2n) is 5.74. The molecule has 0 fully saturated rings. The van der Waals surface area contributed by atoms with Crippen LogP contribution in [0.1, 0.15) is 24.2 Å². The number of ether oxygens (including phenoxy) is 3. The van der Waals surface area contributed by atoms with Crippen LogP contribution in [0.4, 0.5) is 5.69 Å². The summed E-state index contributed by atoms with van der Waals surface area (Å²) in [6.07, 6.45) is 0. The monoisotopic (exact) mass is 376 g/mol. The van der Waals surface area contributed by atoms with E-state index in [-0.39, 0.29) is 30.5 Å². The smallest absolute Gasteiger partial charge is 0.355 e. The maximum absolute atomic E-state index is 12.6. The average molecular weight is 376 g/mol. The van der Waals surface area contributed by atoms with Crippen molar-refractivity contribution in [3.8, 4) is 0 Å². The standard InChI is InChI=1S/C19H24N2O6/c1-5-20(6-2)17(22)13-8-7-9-14(10-13)21-12-27-11-15(18(23)25-3)16(21)19(24)26-4/h7-10H,5-6,11-12H2,1-4H3. The van der Waals surface area contributed by atoms with Gasteiger partial charge in [-0.05, 0) is 32.0 Å². The molecule has 0 bridgehead atoms. The molecular weight excluding hydrogens is 352 g/mol. The summed E-state index contributed by atoms with van der Waals surface area (Å²) >= 11 is 0. The van der Waals surface area contributed by atoms with Gasteiger partial charge in [0.2, 0.25) is 0 Å². The molecule has 0 aliphatic carbocycles. The van der Waals surface area contributed by atoms with Gasteiger partial charge >= 0.3 is 11.9 Å². The summed E-state index contributed by atoms with van der Waals surface area (Å²) in [6, 6.07) is 6.81. The normalized spacial score (nSPS) is 14.0. The maximum Gasteiger partial charge on any atom is 0.355 e. The van der Waals surface area contributed by atoms with E-state index in [1.165, 1.54) is 19.1 Å². The van der Waals surface area contributed by atoms with Crippen LogP contribution in [0.15, 0.2) is 35.5 Å². The first-order chi connectivity index (χ1) is 13.0. The summed E-state index contributed by atoms with van der Waals surface area (Å²) in [7, 11) is 2.46. The summed E-state index contributed by atoms with van der Waals surface area (Å²) < 4.78 is 15.0. The predicted octanol–water partition coefficient (Wildman–Crippen LogP) is 1.56. The van der Waals surface area contributed by atoms with E-state index in [1.54, 1.807) is 29.2 Å². The highest BCUT2D eigenvalue weighted by Crippen LogP contribution is 2.27. The second-order valence-corrected chi connectivity index (χ2v) is 5.74. The number of nitrogens with zero attached hydrogens (tertiary/aromatic N) is 2. The zero-order valence-electron chi connectivity index (χ0n) is 16.0. The summed E-state index contributed by atoms with van der Waals surface area (Å²) in [5.41, 5.74) is 1.12. The Bertz CT molecular complexity index is 754. The maximum atomic E-state index is 12.6. The third-order valence-corrected chi connectivity index (χ3v) is 4.29. The van der Waals surface area contributed by atoms with Gasteiger partial charge in [0, 0.05) is 24.3 Å². The van der Waals surface area contributed by atoms with E-state index in [0.717, 1.165) is 0 Å². The van der Waals surface area contributed by atoms with Crippen molar-refractivity contribution in [2.75, 3.05) is 45.5 Å². The Labute approximate surface area is 158 Å². The van der Waals surface area contributed by atoms with Gasteiger partial charge in [-0.1, -0.05) is 6.07 Å². The minimum atomic E-state index is -0.681. The fraction of sp³-hybridized carbons (Fsp3) is 0.421. The van der Waals surface area contributed by atoms with Gasteiger partial charge < -0.3 is 24.0 Å². The molecule has 0 unspecified atom stereocenters. The quantitative estimate of drug-likeness (QED) is 0.697. The number of hydrogen-bond acceptors (Lipinski definition) is 7. The van der Waals surface area contributed by atoms with Crippen molar-refractivity contribution < 1.29 is 28.6 Å². The van der Waals surface area contributed by atoms with E-state index >= 15 is 0 Å². The zero-order valence-corrected chi connectivity index (χ0v) is 16.0. The van der Waals surface area contributed by atoms with Gasteiger partial charge in [-0.2, -0.15) is 0 Å². The topological polar surface area (TPSA) is 85.4 Å². The number of hydrogen-bond donors (Lipinski definition) is 0. The van der Waals surface area contributed by atoms with E-state index in [1.807, 2.05) is 13.8 Å². The molecule has 2 rings (SSSR count). The lowest BCUT2D eigenvalue weighted by atomic mass is 10.1. The van der Waals surface area contributed by atoms with E-state index in [9.17, 15) is 14.4 Å². The van der Waals surface area contributed by atoms with Gasteiger partial charge in [0.1, 0.15) is 12.4 Å². The number of amides is 1. The summed E-state index contributed by atoms with van der Waals surface area (Å²) in [6.45, 7) is 4.97. The summed E-state index contributed by atoms with van der Waals surface area (Å²) in [5.74, 6) is -1.47. The molecule has 1 aliphatic heterocycles. The number of benzene rings is 1. The van der Waals surface area contributed by atoms with Crippen LogP contribution in [0.5, 0.6) is 0 Å². The highest BCUT2D eigenvalue weighted by molar-refractivity contribution is 6.03. The lowest BCUT2D eigenvalue weighted by Gasteiger charge is -2.31. The van der Waals surface area contributed by atoms with Crippen molar-refractivity contribution in [2.45, 2.75) is 13.8 Å². The van der Waals surface area contributed by atoms with Gasteiger partial charge in [0.25, 0.3) is 5.91 Å². The molecule has 1 aromatic rings. The Morgan fingerprint density at radius 2 is 1.78 bits per heavy atom. The summed E-state index contributed by atoms with van der Waals surface area (Å²) in [5, 5.41) is 0. The van der Waals surface area contributed by atoms with Crippen molar-refractivity contribution in [3.05, 3.63) is 41.1 Å². The fourth-order valence-corrected chi connectivity index (χ4v) is 2.85. The number of carbonyl (C=O) groups excluding carboxylic acids is 3. The van der Waals surface area contributed by atoms with Crippen LogP contribution in [0, 0.1) is 0 Å². The number of anilines is 1. The number of carbonyl (C=O) groups is 3. The molecule has 0 spiro atoms. The predicted molar refractivity (Wildman–Crippen MR) is 98.0 cm³/mol. The third kappa shape index (κ3) is 4.28. The number of methoxy groups -OCH3 is 2. The Hall–Kier alpha value is -2.87. The van der Waals surface area contributed by atoms with Gasteiger partial charge in [-0.25, -0.2) is 9.59 Å². The molecule has 27 heavy (non-hydrogen) atoms. The summed E-state index contributed by atoms with van der Waals surface area (Å²) in [4.78, 5) is 40.2. The van der Waals surface area contributed by atoms with Crippen LogP contribution < -0.4 is 4.90 Å². The van der Waals surface area contributed by atoms with Gasteiger partial charge in [0.15, 0.2) is 0 Å². The SMILES string of the molecule is CCN(CC)C(=O)c1cccc(N2COCC(C(=O)OC)=C2C(=O)OC)c1. The molecule has 146 valence electrons. The van der Waals surface area contributed by atoms with Crippen molar-refractivity contribution in [3.63, 3.8) is 0 Å². The molecule has 1 amide bonds. The van der Waals surface area contributed by atoms with Crippen LogP contribution in [-0.2, 0) is 23.8 Å². The molecule has 0 aromatic heterocycles. The molecule has 0 radical (unpaired) electrons. The Morgan fingerprint density at radius 3 is 2.37 bits per heavy atom. The van der Waals surface area contributed by atoms with Gasteiger partial charge in [-0.3, -0.25) is 4.79 Å². The molecule has 1 aromatic carbocycles. The lowest BCUT2D eigenvalue weighted by Crippen LogP contribution is -2.39. The minimum Gasteiger partial charge on any atom is -0.466 e. The molecule has 0 atom stereocenters. The van der Waals surface area contributed by atoms with Crippen molar-refractivity contribution in [2.24, 2.45) is 0 Å². The highest BCUT2D eigenvalue weighted by atomic mass is 16.5. The molecule has 1 heterocycles. The van der Waals surface area contributed by atoms with Gasteiger partial charge in [0.05, 0.1) is 26.4 Å². The first kappa shape index (κ1) is 20.4. The third-order valence-electron chi connectivity index (χ3n) is 4.29. The molecular formula is C19H24N2O6. The van der Waals surface area contributed by atoms with Crippen LogP contribution in [0.3, 0.4) is 0 Å². The van der Waals surface area contributed by atoms with E-state index in [2.05, 4.69) is 0 Å². The largest absolute Gasteiger partial charge is 0.466 e. The Morgan fingerprint density at radius 1 is 1.11 bits per heavy atom. The van der Waals surface area contributed by atoms with Crippen molar-refractivity contribution >= 4 is 23.5 Å². The number of rotatable bonds is 6. The average Bonchev–Trinajstić information content (AvgIpc) is 2.72. The lowest BCUT2D eigenvalue weighted by molar-refractivity contribution is -0.140. The van der Waals surface area contributed by atoms with Gasteiger partial charge in [-0.15, -0.1) is 0 Å². The van der Waals surface area contributed by atoms with Crippen LogP contribution >= 0.6 is 0 Å². The van der Waals surface area contributed by atoms with Crippen molar-refractivity contribution in [1.82, 2.24) is 4.90 Å². The zero-order chi connectivity index (χ0) is 20.0. The molecule has 0 N–H and O–H groups in total. The fourth-order valence-electron chi connectivity index (χ4n) is 2.85. The van der Waals surface area contributed by atoms with E-state index in [4.69, 9.17) is 14.2 Å². The van der Waals surface area contributed by atoms with Crippen LogP contribution in [0.2, 0.25) is 0 Å². The second kappa shape index (κ2) is 9.18. The van der Waals surface area contributed by atoms with Crippen LogP contribution in [-0.4, -0.2) is 63.4 Å². The Balaban J connectivity index is 2.49. The minimum absolute atomic E-state index is 0.0356. The molecule has 0 saturated carbocycles. The molecule has 0 saturated heterocycles. The van der Waals surface area contributed by atoms with Crippen molar-refractivity contribution in [1.29, 1.82) is 0 Å².